The van der Waals surface area contributed by atoms with E-state index in [0.717, 1.165) is 5.01 Å². The van der Waals surface area contributed by atoms with E-state index in [9.17, 15) is 14.9 Å². The van der Waals surface area contributed by atoms with Crippen LogP contribution in [-0.4, -0.2) is 28.0 Å². The van der Waals surface area contributed by atoms with E-state index in [1.54, 1.807) is 0 Å². The third-order valence-electron chi connectivity index (χ3n) is 2.01. The summed E-state index contributed by atoms with van der Waals surface area (Å²) in [6, 6.07) is 0. The van der Waals surface area contributed by atoms with E-state index in [1.165, 1.54) is 14.0 Å². The zero-order chi connectivity index (χ0) is 13.3. The molecule has 0 aliphatic carbocycles. The van der Waals surface area contributed by atoms with E-state index in [0.29, 0.717) is 0 Å². The van der Waals surface area contributed by atoms with E-state index in [2.05, 4.69) is 4.98 Å². The summed E-state index contributed by atoms with van der Waals surface area (Å²) in [5.74, 6) is 3.80. The number of carbonyl (C=O) groups is 1. The summed E-state index contributed by atoms with van der Waals surface area (Å²) in [6.07, 6.45) is 0. The Bertz CT molecular complexity index is 503. The fraction of sp³-hybridized carbons (Fsp3) is 0.250. The number of hydrazine groups is 1. The molecule has 3 N–H and O–H groups in total. The number of aromatic carboxylic acids is 1. The predicted molar refractivity (Wildman–Crippen MR) is 60.2 cm³/mol. The number of hydrogen-bond acceptors (Lipinski definition) is 6. The second-order valence-corrected chi connectivity index (χ2v) is 3.61. The fourth-order valence-corrected chi connectivity index (χ4v) is 1.67. The molecule has 0 radical (unpaired) electrons. The number of hydrogen-bond donors (Lipinski definition) is 2. The van der Waals surface area contributed by atoms with Gasteiger partial charge in [0.15, 0.2) is 0 Å². The number of aryl methyl sites for hydroxylation is 1. The SMILES string of the molecule is Cc1nc(N(C)N)c([N+](=O)[O-])c(Cl)c1C(=O)O. The summed E-state index contributed by atoms with van der Waals surface area (Å²) >= 11 is 5.71. The standard InChI is InChI=1S/C8H9ClN4O4/c1-3-4(8(14)15)5(9)6(13(16)17)7(11-3)12(2)10/h10H2,1-2H3,(H,14,15). The summed E-state index contributed by atoms with van der Waals surface area (Å²) in [6.45, 7) is 1.38. The second-order valence-electron chi connectivity index (χ2n) is 3.23. The molecule has 0 saturated heterocycles. The highest BCUT2D eigenvalue weighted by Crippen LogP contribution is 2.36. The van der Waals surface area contributed by atoms with E-state index < -0.39 is 27.2 Å². The first kappa shape index (κ1) is 13.1. The maximum atomic E-state index is 10.9. The maximum absolute atomic E-state index is 10.9. The van der Waals surface area contributed by atoms with Crippen LogP contribution in [0.25, 0.3) is 0 Å². The van der Waals surface area contributed by atoms with E-state index in [4.69, 9.17) is 22.6 Å². The largest absolute Gasteiger partial charge is 0.478 e. The molecule has 1 aromatic rings. The molecule has 1 aromatic heterocycles. The number of nitrogens with zero attached hydrogens (tertiary/aromatic N) is 3. The lowest BCUT2D eigenvalue weighted by atomic mass is 10.2. The molecule has 0 amide bonds. The molecular formula is C8H9ClN4O4. The molecule has 0 aliphatic rings. The molecule has 1 rings (SSSR count). The van der Waals surface area contributed by atoms with Crippen molar-refractivity contribution < 1.29 is 14.8 Å². The molecule has 1 heterocycles. The van der Waals surface area contributed by atoms with Crippen LogP contribution in [0, 0.1) is 17.0 Å². The molecule has 0 atom stereocenters. The summed E-state index contributed by atoms with van der Waals surface area (Å²) in [5, 5.41) is 20.2. The Kier molecular flexibility index (Phi) is 3.49. The van der Waals surface area contributed by atoms with E-state index >= 15 is 0 Å². The van der Waals surface area contributed by atoms with Crippen LogP contribution >= 0.6 is 11.6 Å². The number of pyridine rings is 1. The molecule has 0 bridgehead atoms. The second kappa shape index (κ2) is 4.52. The number of nitro groups is 1. The molecule has 0 saturated carbocycles. The lowest BCUT2D eigenvalue weighted by Crippen LogP contribution is -2.28. The van der Waals surface area contributed by atoms with Crippen molar-refractivity contribution in [2.24, 2.45) is 5.84 Å². The minimum absolute atomic E-state index is 0.0559. The van der Waals surface area contributed by atoms with Gasteiger partial charge in [0.2, 0.25) is 5.82 Å². The Hall–Kier alpha value is -1.93. The first-order valence-electron chi connectivity index (χ1n) is 4.33. The lowest BCUT2D eigenvalue weighted by Gasteiger charge is -2.14. The molecule has 92 valence electrons. The van der Waals surface area contributed by atoms with Crippen molar-refractivity contribution in [1.82, 2.24) is 4.98 Å². The van der Waals surface area contributed by atoms with Crippen LogP contribution < -0.4 is 10.9 Å². The number of nitrogens with two attached hydrogens (primary N) is 1. The minimum atomic E-state index is -1.38. The molecule has 0 aliphatic heterocycles. The Labute approximate surface area is 101 Å². The van der Waals surface area contributed by atoms with Crippen LogP contribution in [0.3, 0.4) is 0 Å². The lowest BCUT2D eigenvalue weighted by molar-refractivity contribution is -0.384. The highest BCUT2D eigenvalue weighted by molar-refractivity contribution is 6.36. The first-order valence-corrected chi connectivity index (χ1v) is 4.71. The third kappa shape index (κ3) is 2.27. The zero-order valence-corrected chi connectivity index (χ0v) is 9.72. The van der Waals surface area contributed by atoms with Gasteiger partial charge in [-0.1, -0.05) is 11.6 Å². The molecule has 0 fully saturated rings. The van der Waals surface area contributed by atoms with Crippen LogP contribution in [-0.2, 0) is 0 Å². The first-order chi connectivity index (χ1) is 7.77. The van der Waals surface area contributed by atoms with Crippen LogP contribution in [0.2, 0.25) is 5.02 Å². The Morgan fingerprint density at radius 3 is 2.53 bits per heavy atom. The van der Waals surface area contributed by atoms with Gasteiger partial charge in [-0.25, -0.2) is 15.6 Å². The summed E-state index contributed by atoms with van der Waals surface area (Å²) < 4.78 is 0. The average molecular weight is 261 g/mol. The van der Waals surface area contributed by atoms with Crippen molar-refractivity contribution in [3.63, 3.8) is 0 Å². The highest BCUT2D eigenvalue weighted by Gasteiger charge is 2.29. The highest BCUT2D eigenvalue weighted by atomic mass is 35.5. The van der Waals surface area contributed by atoms with Gasteiger partial charge in [-0.15, -0.1) is 0 Å². The van der Waals surface area contributed by atoms with Gasteiger partial charge in [0.05, 0.1) is 10.6 Å². The third-order valence-corrected chi connectivity index (χ3v) is 2.37. The van der Waals surface area contributed by atoms with Gasteiger partial charge >= 0.3 is 11.7 Å². The number of carboxylic acid groups (broad SMARTS) is 1. The number of aromatic nitrogens is 1. The number of rotatable bonds is 3. The van der Waals surface area contributed by atoms with Gasteiger partial charge in [-0.05, 0) is 6.92 Å². The Morgan fingerprint density at radius 1 is 1.65 bits per heavy atom. The van der Waals surface area contributed by atoms with Crippen molar-refractivity contribution >= 4 is 29.1 Å². The number of carboxylic acids is 1. The van der Waals surface area contributed by atoms with Crippen molar-refractivity contribution in [2.75, 3.05) is 12.1 Å². The summed E-state index contributed by atoms with van der Waals surface area (Å²) in [5.41, 5.74) is -0.968. The predicted octanol–water partition coefficient (Wildman–Crippen LogP) is 0.960. The monoisotopic (exact) mass is 260 g/mol. The topological polar surface area (TPSA) is 123 Å². The molecule has 17 heavy (non-hydrogen) atoms. The quantitative estimate of drug-likeness (QED) is 0.471. The van der Waals surface area contributed by atoms with Crippen molar-refractivity contribution in [3.05, 3.63) is 26.4 Å². The summed E-state index contributed by atoms with van der Waals surface area (Å²) in [7, 11) is 1.34. The number of halogens is 1. The van der Waals surface area contributed by atoms with Crippen LogP contribution in [0.15, 0.2) is 0 Å². The molecular weight excluding hydrogens is 252 g/mol. The van der Waals surface area contributed by atoms with Crippen molar-refractivity contribution in [1.29, 1.82) is 0 Å². The van der Waals surface area contributed by atoms with E-state index in [1.807, 2.05) is 0 Å². The van der Waals surface area contributed by atoms with Crippen molar-refractivity contribution in [2.45, 2.75) is 6.92 Å². The van der Waals surface area contributed by atoms with E-state index in [-0.39, 0.29) is 11.5 Å². The molecule has 0 aromatic carbocycles. The molecule has 0 spiro atoms. The Morgan fingerprint density at radius 2 is 2.18 bits per heavy atom. The Balaban J connectivity index is 3.70. The average Bonchev–Trinajstić information content (AvgIpc) is 2.14. The normalized spacial score (nSPS) is 10.1. The summed E-state index contributed by atoms with van der Waals surface area (Å²) in [4.78, 5) is 24.7. The molecule has 8 nitrogen and oxygen atoms in total. The minimum Gasteiger partial charge on any atom is -0.478 e. The van der Waals surface area contributed by atoms with Gasteiger partial charge in [-0.3, -0.25) is 15.1 Å². The molecule has 9 heteroatoms. The van der Waals surface area contributed by atoms with Gasteiger partial charge in [0.1, 0.15) is 10.6 Å². The number of anilines is 1. The smallest absolute Gasteiger partial charge is 0.339 e. The van der Waals surface area contributed by atoms with Gasteiger partial charge < -0.3 is 5.11 Å². The van der Waals surface area contributed by atoms with Gasteiger partial charge in [0, 0.05) is 7.05 Å². The van der Waals surface area contributed by atoms with Crippen LogP contribution in [0.1, 0.15) is 16.1 Å². The van der Waals surface area contributed by atoms with Crippen LogP contribution in [0.5, 0.6) is 0 Å². The maximum Gasteiger partial charge on any atom is 0.339 e. The van der Waals surface area contributed by atoms with Gasteiger partial charge in [0.25, 0.3) is 0 Å². The molecule has 0 unspecified atom stereocenters. The van der Waals surface area contributed by atoms with Gasteiger partial charge in [-0.2, -0.15) is 0 Å². The van der Waals surface area contributed by atoms with Crippen LogP contribution in [0.4, 0.5) is 11.5 Å². The van der Waals surface area contributed by atoms with Crippen molar-refractivity contribution in [3.8, 4) is 0 Å². The fourth-order valence-electron chi connectivity index (χ4n) is 1.30. The zero-order valence-electron chi connectivity index (χ0n) is 8.97.